The molecule has 0 fully saturated rings. The van der Waals surface area contributed by atoms with Crippen molar-refractivity contribution in [2.45, 2.75) is 0 Å². The number of ether oxygens (including phenoxy) is 2. The van der Waals surface area contributed by atoms with Crippen molar-refractivity contribution in [2.75, 3.05) is 12.4 Å². The van der Waals surface area contributed by atoms with Crippen LogP contribution in [0, 0.1) is 10.1 Å². The number of carbonyl (C=O) groups excluding carboxylic acids is 1. The maximum Gasteiger partial charge on any atom is 0.269 e. The van der Waals surface area contributed by atoms with Gasteiger partial charge in [-0.25, -0.2) is 0 Å². The molecule has 1 N–H and O–H groups in total. The lowest BCUT2D eigenvalue weighted by Gasteiger charge is -2.08. The number of nitrogens with one attached hydrogen (secondary N) is 1. The highest BCUT2D eigenvalue weighted by atomic mass is 16.6. The minimum absolute atomic E-state index is 0.00749. The molecule has 0 saturated carbocycles. The smallest absolute Gasteiger partial charge is 0.269 e. The fourth-order valence-electron chi connectivity index (χ4n) is 2.35. The zero-order chi connectivity index (χ0) is 19.2. The van der Waals surface area contributed by atoms with Gasteiger partial charge < -0.3 is 14.8 Å². The Balaban J connectivity index is 1.65. The molecule has 1 amide bonds. The third kappa shape index (κ3) is 4.60. The first-order valence-corrected chi connectivity index (χ1v) is 8.03. The summed E-state index contributed by atoms with van der Waals surface area (Å²) in [4.78, 5) is 22.5. The molecule has 3 aromatic carbocycles. The van der Waals surface area contributed by atoms with E-state index in [4.69, 9.17) is 9.47 Å². The zero-order valence-corrected chi connectivity index (χ0v) is 14.4. The Morgan fingerprint density at radius 2 is 1.56 bits per heavy atom. The molecule has 0 aliphatic rings. The Labute approximate surface area is 155 Å². The van der Waals surface area contributed by atoms with Crippen LogP contribution in [0.2, 0.25) is 0 Å². The van der Waals surface area contributed by atoms with E-state index in [2.05, 4.69) is 5.32 Å². The second-order valence-electron chi connectivity index (χ2n) is 5.56. The van der Waals surface area contributed by atoms with Gasteiger partial charge in [0.15, 0.2) is 0 Å². The maximum atomic E-state index is 12.3. The first kappa shape index (κ1) is 17.9. The van der Waals surface area contributed by atoms with Gasteiger partial charge in [-0.2, -0.15) is 0 Å². The zero-order valence-electron chi connectivity index (χ0n) is 14.4. The van der Waals surface area contributed by atoms with Gasteiger partial charge in [0.25, 0.3) is 11.6 Å². The predicted octanol–water partition coefficient (Wildman–Crippen LogP) is 4.65. The number of hydrogen-bond donors (Lipinski definition) is 1. The van der Waals surface area contributed by atoms with Crippen molar-refractivity contribution in [2.24, 2.45) is 0 Å². The highest BCUT2D eigenvalue weighted by molar-refractivity contribution is 6.04. The van der Waals surface area contributed by atoms with Crippen molar-refractivity contribution in [1.82, 2.24) is 0 Å². The normalized spacial score (nSPS) is 10.1. The topological polar surface area (TPSA) is 90.7 Å². The Hall–Kier alpha value is -3.87. The number of anilines is 1. The molecule has 0 spiro atoms. The number of hydrogen-bond acceptors (Lipinski definition) is 5. The van der Waals surface area contributed by atoms with Crippen LogP contribution in [-0.2, 0) is 0 Å². The molecule has 3 aromatic rings. The lowest BCUT2D eigenvalue weighted by Crippen LogP contribution is -2.11. The summed E-state index contributed by atoms with van der Waals surface area (Å²) in [5, 5.41) is 13.5. The molecule has 7 nitrogen and oxygen atoms in total. The van der Waals surface area contributed by atoms with Gasteiger partial charge in [-0.3, -0.25) is 14.9 Å². The fourth-order valence-corrected chi connectivity index (χ4v) is 2.35. The van der Waals surface area contributed by atoms with E-state index in [0.717, 1.165) is 0 Å². The number of methoxy groups -OCH3 is 1. The molecule has 0 bridgehead atoms. The van der Waals surface area contributed by atoms with Crippen LogP contribution < -0.4 is 14.8 Å². The predicted molar refractivity (Wildman–Crippen MR) is 101 cm³/mol. The largest absolute Gasteiger partial charge is 0.497 e. The van der Waals surface area contributed by atoms with Crippen molar-refractivity contribution >= 4 is 17.3 Å². The average Bonchev–Trinajstić information content (AvgIpc) is 2.69. The van der Waals surface area contributed by atoms with E-state index in [1.54, 1.807) is 55.6 Å². The SMILES string of the molecule is COc1cccc(NC(=O)c2ccc(Oc3ccc([N+](=O)[O-])cc3)cc2)c1. The first-order valence-electron chi connectivity index (χ1n) is 8.03. The quantitative estimate of drug-likeness (QED) is 0.508. The van der Waals surface area contributed by atoms with Gasteiger partial charge in [-0.15, -0.1) is 0 Å². The molecule has 27 heavy (non-hydrogen) atoms. The van der Waals surface area contributed by atoms with Crippen LogP contribution in [-0.4, -0.2) is 17.9 Å². The first-order chi connectivity index (χ1) is 13.0. The molecule has 0 atom stereocenters. The molecule has 0 aliphatic carbocycles. The molecule has 0 radical (unpaired) electrons. The highest BCUT2D eigenvalue weighted by Crippen LogP contribution is 2.24. The fraction of sp³-hybridized carbons (Fsp3) is 0.0500. The molecule has 0 saturated heterocycles. The monoisotopic (exact) mass is 364 g/mol. The summed E-state index contributed by atoms with van der Waals surface area (Å²) in [7, 11) is 1.56. The molecule has 0 heterocycles. The minimum Gasteiger partial charge on any atom is -0.497 e. The third-order valence-electron chi connectivity index (χ3n) is 3.73. The summed E-state index contributed by atoms with van der Waals surface area (Å²) < 4.78 is 10.8. The summed E-state index contributed by atoms with van der Waals surface area (Å²) in [6.07, 6.45) is 0. The second kappa shape index (κ2) is 8.01. The molecule has 0 unspecified atom stereocenters. The van der Waals surface area contributed by atoms with Crippen molar-refractivity contribution < 1.29 is 19.2 Å². The van der Waals surface area contributed by atoms with E-state index in [0.29, 0.717) is 28.5 Å². The van der Waals surface area contributed by atoms with Crippen LogP contribution in [0.3, 0.4) is 0 Å². The van der Waals surface area contributed by atoms with E-state index in [-0.39, 0.29) is 11.6 Å². The van der Waals surface area contributed by atoms with E-state index < -0.39 is 4.92 Å². The van der Waals surface area contributed by atoms with Crippen LogP contribution in [0.1, 0.15) is 10.4 Å². The van der Waals surface area contributed by atoms with Gasteiger partial charge in [0, 0.05) is 29.4 Å². The molecule has 3 rings (SSSR count). The number of carbonyl (C=O) groups is 1. The van der Waals surface area contributed by atoms with Gasteiger partial charge in [-0.1, -0.05) is 6.07 Å². The minimum atomic E-state index is -0.473. The van der Waals surface area contributed by atoms with E-state index in [1.165, 1.54) is 24.3 Å². The molecule has 0 aliphatic heterocycles. The van der Waals surface area contributed by atoms with Gasteiger partial charge in [-0.05, 0) is 48.5 Å². The highest BCUT2D eigenvalue weighted by Gasteiger charge is 2.08. The van der Waals surface area contributed by atoms with Crippen molar-refractivity contribution in [3.05, 3.63) is 88.5 Å². The lowest BCUT2D eigenvalue weighted by molar-refractivity contribution is -0.384. The van der Waals surface area contributed by atoms with Crippen molar-refractivity contribution in [3.63, 3.8) is 0 Å². The molecule has 136 valence electrons. The van der Waals surface area contributed by atoms with E-state index >= 15 is 0 Å². The molecular weight excluding hydrogens is 348 g/mol. The average molecular weight is 364 g/mol. The van der Waals surface area contributed by atoms with Gasteiger partial charge in [0.05, 0.1) is 12.0 Å². The second-order valence-corrected chi connectivity index (χ2v) is 5.56. The number of nitrogens with zero attached hydrogens (tertiary/aromatic N) is 1. The Morgan fingerprint density at radius 3 is 2.15 bits per heavy atom. The van der Waals surface area contributed by atoms with Crippen LogP contribution >= 0.6 is 0 Å². The van der Waals surface area contributed by atoms with Crippen LogP contribution in [0.5, 0.6) is 17.2 Å². The Bertz CT molecular complexity index is 953. The number of amides is 1. The summed E-state index contributed by atoms with van der Waals surface area (Å²) in [6, 6.07) is 19.4. The number of rotatable bonds is 6. The van der Waals surface area contributed by atoms with Crippen LogP contribution in [0.4, 0.5) is 11.4 Å². The van der Waals surface area contributed by atoms with Gasteiger partial charge in [0.1, 0.15) is 17.2 Å². The summed E-state index contributed by atoms with van der Waals surface area (Å²) in [5.74, 6) is 1.38. The summed E-state index contributed by atoms with van der Waals surface area (Å²) in [5.41, 5.74) is 1.09. The summed E-state index contributed by atoms with van der Waals surface area (Å²) >= 11 is 0. The number of non-ortho nitro benzene ring substituents is 1. The molecule has 7 heteroatoms. The van der Waals surface area contributed by atoms with E-state index in [9.17, 15) is 14.9 Å². The van der Waals surface area contributed by atoms with Crippen molar-refractivity contribution in [3.8, 4) is 17.2 Å². The number of benzene rings is 3. The molecule has 0 aromatic heterocycles. The van der Waals surface area contributed by atoms with Gasteiger partial charge in [0.2, 0.25) is 0 Å². The standard InChI is InChI=1S/C20H16N2O5/c1-26-19-4-2-3-15(13-19)21-20(23)14-5-9-17(10-6-14)27-18-11-7-16(8-12-18)22(24)25/h2-13H,1H3,(H,21,23). The van der Waals surface area contributed by atoms with E-state index in [1.807, 2.05) is 0 Å². The van der Waals surface area contributed by atoms with Crippen molar-refractivity contribution in [1.29, 1.82) is 0 Å². The van der Waals surface area contributed by atoms with Crippen LogP contribution in [0.25, 0.3) is 0 Å². The number of nitro benzene ring substituents is 1. The maximum absolute atomic E-state index is 12.3. The van der Waals surface area contributed by atoms with Gasteiger partial charge >= 0.3 is 0 Å². The summed E-state index contributed by atoms with van der Waals surface area (Å²) in [6.45, 7) is 0. The lowest BCUT2D eigenvalue weighted by atomic mass is 10.2. The Kier molecular flexibility index (Phi) is 5.32. The van der Waals surface area contributed by atoms with Crippen LogP contribution in [0.15, 0.2) is 72.8 Å². The third-order valence-corrected chi connectivity index (χ3v) is 3.73. The number of nitro groups is 1. The Morgan fingerprint density at radius 1 is 0.926 bits per heavy atom. The molecular formula is C20H16N2O5.